The highest BCUT2D eigenvalue weighted by atomic mass is 32.2. The molecule has 0 aliphatic heterocycles. The summed E-state index contributed by atoms with van der Waals surface area (Å²) in [7, 11) is 0. The predicted octanol–water partition coefficient (Wildman–Crippen LogP) is -0.827. The predicted molar refractivity (Wildman–Crippen MR) is 71.0 cm³/mol. The first-order valence-corrected chi connectivity index (χ1v) is 7.10. The number of nitrogens with zero attached hydrogens (tertiary/aromatic N) is 3. The molecule has 1 aromatic rings. The second-order valence-electron chi connectivity index (χ2n) is 3.80. The van der Waals surface area contributed by atoms with Crippen molar-refractivity contribution in [2.45, 2.75) is 19.0 Å². The molecule has 8 nitrogen and oxygen atoms in total. The lowest BCUT2D eigenvalue weighted by Crippen LogP contribution is -2.41. The summed E-state index contributed by atoms with van der Waals surface area (Å²) in [5.41, 5.74) is 5.44. The summed E-state index contributed by atoms with van der Waals surface area (Å²) < 4.78 is 1.44. The number of aromatic nitrogens is 3. The van der Waals surface area contributed by atoms with Crippen LogP contribution in [0.15, 0.2) is 6.20 Å². The minimum Gasteiger partial charge on any atom is -0.480 e. The smallest absolute Gasteiger partial charge is 0.326 e. The number of nitrogens with one attached hydrogen (secondary N) is 1. The number of carboxylic acid groups (broad SMARTS) is 1. The average Bonchev–Trinajstić information content (AvgIpc) is 2.83. The van der Waals surface area contributed by atoms with Gasteiger partial charge in [-0.05, 0) is 18.4 Å². The van der Waals surface area contributed by atoms with E-state index in [1.165, 1.54) is 22.6 Å². The SMILES string of the molecule is CSCC[C@@H](NC(=O)c1cn(CCN)nn1)C(=O)O. The van der Waals surface area contributed by atoms with Crippen LogP contribution in [-0.4, -0.2) is 56.6 Å². The van der Waals surface area contributed by atoms with Crippen molar-refractivity contribution in [3.63, 3.8) is 0 Å². The Kier molecular flexibility index (Phi) is 6.30. The Morgan fingerprint density at radius 1 is 1.63 bits per heavy atom. The van der Waals surface area contributed by atoms with Crippen molar-refractivity contribution in [1.29, 1.82) is 0 Å². The Labute approximate surface area is 114 Å². The van der Waals surface area contributed by atoms with Crippen LogP contribution in [0.2, 0.25) is 0 Å². The molecule has 0 aromatic carbocycles. The van der Waals surface area contributed by atoms with Crippen LogP contribution in [0.1, 0.15) is 16.9 Å². The molecule has 1 rings (SSSR count). The van der Waals surface area contributed by atoms with E-state index in [1.807, 2.05) is 6.26 Å². The molecule has 0 aliphatic rings. The van der Waals surface area contributed by atoms with Gasteiger partial charge in [-0.2, -0.15) is 11.8 Å². The number of carbonyl (C=O) groups excluding carboxylic acids is 1. The van der Waals surface area contributed by atoms with Crippen LogP contribution in [0, 0.1) is 0 Å². The van der Waals surface area contributed by atoms with Gasteiger partial charge in [0.15, 0.2) is 5.69 Å². The van der Waals surface area contributed by atoms with E-state index in [0.717, 1.165) is 0 Å². The highest BCUT2D eigenvalue weighted by Gasteiger charge is 2.21. The monoisotopic (exact) mass is 287 g/mol. The van der Waals surface area contributed by atoms with Crippen LogP contribution in [-0.2, 0) is 11.3 Å². The van der Waals surface area contributed by atoms with E-state index in [-0.39, 0.29) is 5.69 Å². The van der Waals surface area contributed by atoms with E-state index in [9.17, 15) is 9.59 Å². The molecule has 1 atom stereocenters. The van der Waals surface area contributed by atoms with E-state index in [0.29, 0.717) is 25.3 Å². The van der Waals surface area contributed by atoms with E-state index in [4.69, 9.17) is 10.8 Å². The van der Waals surface area contributed by atoms with Crippen molar-refractivity contribution in [3.05, 3.63) is 11.9 Å². The standard InChI is InChI=1S/C10H17N5O3S/c1-19-5-2-7(10(17)18)12-9(16)8-6-15(4-3-11)14-13-8/h6-7H,2-5,11H2,1H3,(H,12,16)(H,17,18)/t7-/m1/s1. The molecule has 0 saturated heterocycles. The largest absolute Gasteiger partial charge is 0.480 e. The van der Waals surface area contributed by atoms with Gasteiger partial charge in [0, 0.05) is 6.54 Å². The molecular formula is C10H17N5O3S. The molecule has 0 bridgehead atoms. The van der Waals surface area contributed by atoms with Gasteiger partial charge in [0.05, 0.1) is 12.7 Å². The molecule has 0 spiro atoms. The summed E-state index contributed by atoms with van der Waals surface area (Å²) in [6, 6.07) is -0.917. The Hall–Kier alpha value is -1.61. The zero-order chi connectivity index (χ0) is 14.3. The average molecular weight is 287 g/mol. The molecule has 19 heavy (non-hydrogen) atoms. The third-order valence-corrected chi connectivity index (χ3v) is 2.99. The summed E-state index contributed by atoms with van der Waals surface area (Å²) >= 11 is 1.52. The first-order valence-electron chi connectivity index (χ1n) is 5.71. The Morgan fingerprint density at radius 2 is 2.37 bits per heavy atom. The first kappa shape index (κ1) is 15.4. The lowest BCUT2D eigenvalue weighted by Gasteiger charge is -2.12. The van der Waals surface area contributed by atoms with Crippen molar-refractivity contribution in [1.82, 2.24) is 20.3 Å². The minimum atomic E-state index is -1.06. The maximum Gasteiger partial charge on any atom is 0.326 e. The van der Waals surface area contributed by atoms with Crippen molar-refractivity contribution in [2.75, 3.05) is 18.6 Å². The van der Waals surface area contributed by atoms with Crippen molar-refractivity contribution in [2.24, 2.45) is 5.73 Å². The lowest BCUT2D eigenvalue weighted by molar-refractivity contribution is -0.139. The number of hydrogen-bond acceptors (Lipinski definition) is 6. The molecule has 1 amide bonds. The summed E-state index contributed by atoms with van der Waals surface area (Å²) in [5.74, 6) is -0.953. The number of aliphatic carboxylic acids is 1. The van der Waals surface area contributed by atoms with Crippen LogP contribution < -0.4 is 11.1 Å². The highest BCUT2D eigenvalue weighted by Crippen LogP contribution is 2.02. The third-order valence-electron chi connectivity index (χ3n) is 2.34. The Morgan fingerprint density at radius 3 is 2.95 bits per heavy atom. The lowest BCUT2D eigenvalue weighted by atomic mass is 10.2. The maximum absolute atomic E-state index is 11.8. The normalized spacial score (nSPS) is 12.1. The van der Waals surface area contributed by atoms with Gasteiger partial charge in [0.25, 0.3) is 5.91 Å². The third kappa shape index (κ3) is 4.87. The second-order valence-corrected chi connectivity index (χ2v) is 4.79. The van der Waals surface area contributed by atoms with E-state index in [1.54, 1.807) is 0 Å². The zero-order valence-corrected chi connectivity index (χ0v) is 11.4. The van der Waals surface area contributed by atoms with Crippen molar-refractivity contribution >= 4 is 23.6 Å². The topological polar surface area (TPSA) is 123 Å². The van der Waals surface area contributed by atoms with Gasteiger partial charge < -0.3 is 16.2 Å². The van der Waals surface area contributed by atoms with Gasteiger partial charge in [-0.25, -0.2) is 4.79 Å². The fraction of sp³-hybridized carbons (Fsp3) is 0.600. The number of hydrogen-bond donors (Lipinski definition) is 3. The van der Waals surface area contributed by atoms with Crippen molar-refractivity contribution in [3.8, 4) is 0 Å². The number of nitrogens with two attached hydrogens (primary N) is 1. The molecule has 1 aromatic heterocycles. The number of rotatable bonds is 8. The number of thioether (sulfide) groups is 1. The van der Waals surface area contributed by atoms with Crippen LogP contribution in [0.25, 0.3) is 0 Å². The summed E-state index contributed by atoms with van der Waals surface area (Å²) in [6.07, 6.45) is 3.67. The number of carbonyl (C=O) groups is 2. The Bertz CT molecular complexity index is 437. The summed E-state index contributed by atoms with van der Waals surface area (Å²) in [6.45, 7) is 0.838. The zero-order valence-electron chi connectivity index (χ0n) is 10.6. The van der Waals surface area contributed by atoms with Gasteiger partial charge in [-0.3, -0.25) is 9.48 Å². The van der Waals surface area contributed by atoms with Gasteiger partial charge in [-0.1, -0.05) is 5.21 Å². The highest BCUT2D eigenvalue weighted by molar-refractivity contribution is 7.98. The molecule has 0 unspecified atom stereocenters. The molecule has 1 heterocycles. The van der Waals surface area contributed by atoms with Crippen molar-refractivity contribution < 1.29 is 14.7 Å². The number of carboxylic acids is 1. The van der Waals surface area contributed by atoms with Crippen LogP contribution in [0.5, 0.6) is 0 Å². The van der Waals surface area contributed by atoms with Crippen LogP contribution in [0.4, 0.5) is 0 Å². The molecule has 4 N–H and O–H groups in total. The van der Waals surface area contributed by atoms with Gasteiger partial charge in [0.1, 0.15) is 6.04 Å². The van der Waals surface area contributed by atoms with Gasteiger partial charge in [-0.15, -0.1) is 5.10 Å². The minimum absolute atomic E-state index is 0.0869. The van der Waals surface area contributed by atoms with Gasteiger partial charge >= 0.3 is 5.97 Å². The molecule has 0 radical (unpaired) electrons. The molecular weight excluding hydrogens is 270 g/mol. The molecule has 0 fully saturated rings. The molecule has 9 heteroatoms. The first-order chi connectivity index (χ1) is 9.08. The van der Waals surface area contributed by atoms with E-state index < -0.39 is 17.9 Å². The van der Waals surface area contributed by atoms with Crippen LogP contribution in [0.3, 0.4) is 0 Å². The Balaban J connectivity index is 2.62. The van der Waals surface area contributed by atoms with E-state index >= 15 is 0 Å². The molecule has 0 aliphatic carbocycles. The quantitative estimate of drug-likeness (QED) is 0.570. The van der Waals surface area contributed by atoms with E-state index in [2.05, 4.69) is 15.6 Å². The fourth-order valence-electron chi connectivity index (χ4n) is 1.37. The summed E-state index contributed by atoms with van der Waals surface area (Å²) in [4.78, 5) is 22.8. The second kappa shape index (κ2) is 7.74. The van der Waals surface area contributed by atoms with Crippen LogP contribution >= 0.6 is 11.8 Å². The molecule has 106 valence electrons. The van der Waals surface area contributed by atoms with Gasteiger partial charge in [0.2, 0.25) is 0 Å². The maximum atomic E-state index is 11.8. The summed E-state index contributed by atoms with van der Waals surface area (Å²) in [5, 5.41) is 18.8. The molecule has 0 saturated carbocycles. The fourth-order valence-corrected chi connectivity index (χ4v) is 1.84. The number of amides is 1.